The molecule has 3 fully saturated rings. The molecule has 0 spiro atoms. The van der Waals surface area contributed by atoms with Crippen LogP contribution in [-0.4, -0.2) is 48.7 Å². The van der Waals surface area contributed by atoms with Crippen LogP contribution in [0.5, 0.6) is 0 Å². The minimum Gasteiger partial charge on any atom is -0.374 e. The molecule has 2 aliphatic heterocycles. The largest absolute Gasteiger partial charge is 0.374 e. The van der Waals surface area contributed by atoms with Gasteiger partial charge >= 0.3 is 0 Å². The normalized spacial score (nSPS) is 39.7. The van der Waals surface area contributed by atoms with Crippen LogP contribution in [0.1, 0.15) is 45.4 Å². The van der Waals surface area contributed by atoms with Gasteiger partial charge in [-0.25, -0.2) is 0 Å². The van der Waals surface area contributed by atoms with Crippen LogP contribution in [-0.2, 0) is 9.53 Å². The lowest BCUT2D eigenvalue weighted by Crippen LogP contribution is -2.58. The van der Waals surface area contributed by atoms with Crippen molar-refractivity contribution in [2.24, 2.45) is 5.92 Å². The standard InChI is InChI=1S/C15H26N2O2/c1-11-12(5-4-8-16-11)15(18)17-9-10-19-14-7-3-2-6-13(14)17/h11-14,16H,2-10H2,1H3. The van der Waals surface area contributed by atoms with Crippen molar-refractivity contribution in [2.75, 3.05) is 19.7 Å². The van der Waals surface area contributed by atoms with E-state index in [2.05, 4.69) is 17.1 Å². The van der Waals surface area contributed by atoms with Gasteiger partial charge in [-0.1, -0.05) is 12.8 Å². The van der Waals surface area contributed by atoms with Crippen molar-refractivity contribution in [3.05, 3.63) is 0 Å². The summed E-state index contributed by atoms with van der Waals surface area (Å²) in [6.45, 7) is 4.73. The maximum absolute atomic E-state index is 12.8. The fourth-order valence-corrected chi connectivity index (χ4v) is 3.96. The average molecular weight is 266 g/mol. The third-order valence-electron chi connectivity index (χ3n) is 5.09. The molecule has 3 aliphatic rings. The SMILES string of the molecule is CC1NCCCC1C(=O)N1CCOC2CCCCC21. The number of fused-ring (bicyclic) bond motifs is 1. The highest BCUT2D eigenvalue weighted by molar-refractivity contribution is 5.80. The minimum absolute atomic E-state index is 0.175. The molecule has 108 valence electrons. The highest BCUT2D eigenvalue weighted by atomic mass is 16.5. The van der Waals surface area contributed by atoms with E-state index < -0.39 is 0 Å². The Hall–Kier alpha value is -0.610. The van der Waals surface area contributed by atoms with Crippen molar-refractivity contribution in [1.29, 1.82) is 0 Å². The van der Waals surface area contributed by atoms with Crippen molar-refractivity contribution in [1.82, 2.24) is 10.2 Å². The molecule has 4 atom stereocenters. The number of rotatable bonds is 1. The summed E-state index contributed by atoms with van der Waals surface area (Å²) in [6.07, 6.45) is 7.23. The molecule has 4 heteroatoms. The third kappa shape index (κ3) is 2.65. The number of amides is 1. The van der Waals surface area contributed by atoms with Crippen molar-refractivity contribution in [3.8, 4) is 0 Å². The van der Waals surface area contributed by atoms with Crippen LogP contribution in [0, 0.1) is 5.92 Å². The van der Waals surface area contributed by atoms with Gasteiger partial charge in [0, 0.05) is 12.6 Å². The predicted octanol–water partition coefficient (Wildman–Crippen LogP) is 1.54. The second kappa shape index (κ2) is 5.80. The molecule has 0 radical (unpaired) electrons. The van der Waals surface area contributed by atoms with Gasteiger partial charge in [-0.15, -0.1) is 0 Å². The van der Waals surface area contributed by atoms with Crippen LogP contribution in [0.25, 0.3) is 0 Å². The van der Waals surface area contributed by atoms with Crippen LogP contribution >= 0.6 is 0 Å². The van der Waals surface area contributed by atoms with Crippen LogP contribution in [0.2, 0.25) is 0 Å². The van der Waals surface area contributed by atoms with E-state index in [1.54, 1.807) is 0 Å². The molecule has 4 unspecified atom stereocenters. The maximum atomic E-state index is 12.8. The number of ether oxygens (including phenoxy) is 1. The quantitative estimate of drug-likeness (QED) is 0.783. The first kappa shape index (κ1) is 13.4. The lowest BCUT2D eigenvalue weighted by molar-refractivity contribution is -0.155. The molecule has 3 rings (SSSR count). The van der Waals surface area contributed by atoms with E-state index in [4.69, 9.17) is 4.74 Å². The van der Waals surface area contributed by atoms with Gasteiger partial charge in [0.2, 0.25) is 5.91 Å². The third-order valence-corrected chi connectivity index (χ3v) is 5.09. The Balaban J connectivity index is 1.70. The molecular formula is C15H26N2O2. The van der Waals surface area contributed by atoms with Crippen LogP contribution in [0.15, 0.2) is 0 Å². The second-order valence-electron chi connectivity index (χ2n) is 6.28. The molecule has 1 aliphatic carbocycles. The van der Waals surface area contributed by atoms with E-state index >= 15 is 0 Å². The van der Waals surface area contributed by atoms with Gasteiger partial charge in [-0.05, 0) is 39.2 Å². The predicted molar refractivity (Wildman–Crippen MR) is 73.9 cm³/mol. The molecule has 2 heterocycles. The van der Waals surface area contributed by atoms with Gasteiger partial charge in [-0.2, -0.15) is 0 Å². The lowest BCUT2D eigenvalue weighted by atomic mass is 9.86. The van der Waals surface area contributed by atoms with Gasteiger partial charge in [0.1, 0.15) is 0 Å². The molecule has 0 aromatic heterocycles. The van der Waals surface area contributed by atoms with Gasteiger partial charge in [-0.3, -0.25) is 4.79 Å². The zero-order valence-corrected chi connectivity index (χ0v) is 11.9. The molecule has 1 amide bonds. The monoisotopic (exact) mass is 266 g/mol. The number of hydrogen-bond acceptors (Lipinski definition) is 3. The van der Waals surface area contributed by atoms with Crippen LogP contribution in [0.4, 0.5) is 0 Å². The molecule has 4 nitrogen and oxygen atoms in total. The number of carbonyl (C=O) groups is 1. The molecule has 1 saturated carbocycles. The van der Waals surface area contributed by atoms with E-state index in [9.17, 15) is 4.79 Å². The zero-order chi connectivity index (χ0) is 13.2. The summed E-state index contributed by atoms with van der Waals surface area (Å²) in [5, 5.41) is 3.45. The Morgan fingerprint density at radius 1 is 1.21 bits per heavy atom. The smallest absolute Gasteiger partial charge is 0.227 e. The summed E-state index contributed by atoms with van der Waals surface area (Å²) < 4.78 is 5.87. The summed E-state index contributed by atoms with van der Waals surface area (Å²) in [5.41, 5.74) is 0. The Labute approximate surface area is 115 Å². The molecule has 19 heavy (non-hydrogen) atoms. The Morgan fingerprint density at radius 3 is 2.89 bits per heavy atom. The van der Waals surface area contributed by atoms with Gasteiger partial charge in [0.05, 0.1) is 24.7 Å². The highest BCUT2D eigenvalue weighted by Gasteiger charge is 2.40. The summed E-state index contributed by atoms with van der Waals surface area (Å²) in [5.74, 6) is 0.550. The number of piperidine rings is 1. The first-order chi connectivity index (χ1) is 9.27. The fraction of sp³-hybridized carbons (Fsp3) is 0.933. The van der Waals surface area contributed by atoms with E-state index in [0.29, 0.717) is 24.1 Å². The summed E-state index contributed by atoms with van der Waals surface area (Å²) in [7, 11) is 0. The maximum Gasteiger partial charge on any atom is 0.227 e. The second-order valence-corrected chi connectivity index (χ2v) is 6.28. The fourth-order valence-electron chi connectivity index (χ4n) is 3.96. The average Bonchev–Trinajstić information content (AvgIpc) is 2.46. The van der Waals surface area contributed by atoms with Crippen molar-refractivity contribution in [3.63, 3.8) is 0 Å². The number of nitrogens with one attached hydrogen (secondary N) is 1. The first-order valence-corrected chi connectivity index (χ1v) is 7.93. The van der Waals surface area contributed by atoms with E-state index in [1.807, 2.05) is 0 Å². The molecule has 0 aromatic rings. The van der Waals surface area contributed by atoms with E-state index in [-0.39, 0.29) is 5.92 Å². The van der Waals surface area contributed by atoms with Gasteiger partial charge < -0.3 is 15.0 Å². The molecule has 1 N–H and O–H groups in total. The van der Waals surface area contributed by atoms with Crippen molar-refractivity contribution >= 4 is 5.91 Å². The topological polar surface area (TPSA) is 41.6 Å². The molecule has 0 bridgehead atoms. The van der Waals surface area contributed by atoms with Crippen molar-refractivity contribution < 1.29 is 9.53 Å². The number of hydrogen-bond donors (Lipinski definition) is 1. The highest BCUT2D eigenvalue weighted by Crippen LogP contribution is 2.31. The minimum atomic E-state index is 0.175. The number of carbonyl (C=O) groups excluding carboxylic acids is 1. The van der Waals surface area contributed by atoms with Crippen molar-refractivity contribution in [2.45, 2.75) is 63.6 Å². The van der Waals surface area contributed by atoms with Crippen LogP contribution < -0.4 is 5.32 Å². The lowest BCUT2D eigenvalue weighted by Gasteiger charge is -2.46. The summed E-state index contributed by atoms with van der Waals surface area (Å²) >= 11 is 0. The van der Waals surface area contributed by atoms with Crippen LogP contribution in [0.3, 0.4) is 0 Å². The molecule has 2 saturated heterocycles. The van der Waals surface area contributed by atoms with Gasteiger partial charge in [0.25, 0.3) is 0 Å². The van der Waals surface area contributed by atoms with E-state index in [1.165, 1.54) is 12.8 Å². The summed E-state index contributed by atoms with van der Waals surface area (Å²) in [4.78, 5) is 15.0. The Bertz CT molecular complexity index is 332. The van der Waals surface area contributed by atoms with E-state index in [0.717, 1.165) is 45.4 Å². The zero-order valence-electron chi connectivity index (χ0n) is 11.9. The Kier molecular flexibility index (Phi) is 4.08. The first-order valence-electron chi connectivity index (χ1n) is 7.93. The molecule has 0 aromatic carbocycles. The van der Waals surface area contributed by atoms with Gasteiger partial charge in [0.15, 0.2) is 0 Å². The Morgan fingerprint density at radius 2 is 2.05 bits per heavy atom. The number of morpholine rings is 1. The molecular weight excluding hydrogens is 240 g/mol. The summed E-state index contributed by atoms with van der Waals surface area (Å²) in [6, 6.07) is 0.676. The number of nitrogens with zero attached hydrogens (tertiary/aromatic N) is 1.